The van der Waals surface area contributed by atoms with Gasteiger partial charge in [0, 0.05) is 11.9 Å². The lowest BCUT2D eigenvalue weighted by molar-refractivity contribution is -0.145. The fraction of sp³-hybridized carbons (Fsp3) is 0.286. The predicted molar refractivity (Wildman–Crippen MR) is 104 cm³/mol. The molecule has 3 rings (SSSR count). The van der Waals surface area contributed by atoms with E-state index in [0.717, 1.165) is 10.9 Å². The summed E-state index contributed by atoms with van der Waals surface area (Å²) in [7, 11) is 0. The molecule has 0 atom stereocenters. The van der Waals surface area contributed by atoms with Crippen molar-refractivity contribution in [3.63, 3.8) is 0 Å². The number of fused-ring (bicyclic) bond motifs is 1. The molecule has 0 saturated carbocycles. The quantitative estimate of drug-likeness (QED) is 0.603. The van der Waals surface area contributed by atoms with Crippen LogP contribution in [0.3, 0.4) is 0 Å². The second-order valence-electron chi connectivity index (χ2n) is 6.46. The van der Waals surface area contributed by atoms with Crippen LogP contribution in [-0.2, 0) is 22.7 Å². The number of hydrogen-bond donors (Lipinski definition) is 0. The van der Waals surface area contributed by atoms with Crippen LogP contribution >= 0.6 is 0 Å². The van der Waals surface area contributed by atoms with Gasteiger partial charge in [0.25, 0.3) is 5.56 Å². The Morgan fingerprint density at radius 2 is 1.89 bits per heavy atom. The number of ether oxygens (including phenoxy) is 1. The van der Waals surface area contributed by atoms with E-state index >= 15 is 0 Å². The van der Waals surface area contributed by atoms with Crippen LogP contribution in [0.2, 0.25) is 0 Å². The molecule has 3 aromatic rings. The summed E-state index contributed by atoms with van der Waals surface area (Å²) in [6.07, 6.45) is 1.67. The maximum absolute atomic E-state index is 12.7. The Morgan fingerprint density at radius 1 is 1.15 bits per heavy atom. The zero-order chi connectivity index (χ0) is 19.2. The number of aryl methyl sites for hydroxylation is 1. The Kier molecular flexibility index (Phi) is 5.98. The van der Waals surface area contributed by atoms with E-state index in [1.165, 1.54) is 10.2 Å². The van der Waals surface area contributed by atoms with E-state index in [2.05, 4.69) is 5.10 Å². The Balaban J connectivity index is 1.86. The molecule has 0 saturated heterocycles. The van der Waals surface area contributed by atoms with Gasteiger partial charge in [-0.3, -0.25) is 14.5 Å². The van der Waals surface area contributed by atoms with Gasteiger partial charge in [-0.05, 0) is 25.5 Å². The summed E-state index contributed by atoms with van der Waals surface area (Å²) in [6, 6.07) is 15.4. The maximum atomic E-state index is 12.7. The van der Waals surface area contributed by atoms with Gasteiger partial charge in [-0.25, -0.2) is 4.68 Å². The van der Waals surface area contributed by atoms with Gasteiger partial charge in [-0.1, -0.05) is 48.0 Å². The second-order valence-corrected chi connectivity index (χ2v) is 6.46. The molecule has 0 bridgehead atoms. The van der Waals surface area contributed by atoms with Crippen LogP contribution in [0.4, 0.5) is 0 Å². The van der Waals surface area contributed by atoms with Gasteiger partial charge in [-0.15, -0.1) is 0 Å². The number of hydrogen-bond acceptors (Lipinski definition) is 5. The molecule has 0 aliphatic heterocycles. The van der Waals surface area contributed by atoms with E-state index in [0.29, 0.717) is 18.5 Å². The average molecular weight is 365 g/mol. The average Bonchev–Trinajstić information content (AvgIpc) is 2.66. The van der Waals surface area contributed by atoms with Crippen molar-refractivity contribution < 1.29 is 9.53 Å². The molecule has 0 spiro atoms. The summed E-state index contributed by atoms with van der Waals surface area (Å²) in [5.41, 5.74) is 2.05. The third-order valence-corrected chi connectivity index (χ3v) is 4.28. The summed E-state index contributed by atoms with van der Waals surface area (Å²) in [4.78, 5) is 26.6. The molecule has 0 aliphatic rings. The zero-order valence-electron chi connectivity index (χ0n) is 15.6. The normalized spacial score (nSPS) is 11.1. The van der Waals surface area contributed by atoms with Gasteiger partial charge in [-0.2, -0.15) is 5.10 Å². The molecular formula is C21H23N3O3. The highest BCUT2D eigenvalue weighted by atomic mass is 16.5. The molecule has 0 unspecified atom stereocenters. The van der Waals surface area contributed by atoms with Crippen LogP contribution in [-0.4, -0.2) is 33.8 Å². The maximum Gasteiger partial charge on any atom is 0.320 e. The number of nitrogens with zero attached hydrogens (tertiary/aromatic N) is 3. The van der Waals surface area contributed by atoms with Crippen LogP contribution in [0.15, 0.2) is 59.5 Å². The van der Waals surface area contributed by atoms with Gasteiger partial charge < -0.3 is 4.74 Å². The van der Waals surface area contributed by atoms with E-state index < -0.39 is 0 Å². The Bertz CT molecular complexity index is 980. The van der Waals surface area contributed by atoms with E-state index in [4.69, 9.17) is 4.74 Å². The van der Waals surface area contributed by atoms with Crippen LogP contribution in [0, 0.1) is 6.92 Å². The number of benzene rings is 2. The van der Waals surface area contributed by atoms with E-state index in [9.17, 15) is 9.59 Å². The molecule has 0 amide bonds. The molecule has 0 radical (unpaired) electrons. The second kappa shape index (κ2) is 8.60. The highest BCUT2D eigenvalue weighted by Crippen LogP contribution is 2.10. The Hall–Kier alpha value is -2.99. The van der Waals surface area contributed by atoms with Gasteiger partial charge in [0.05, 0.1) is 31.4 Å². The van der Waals surface area contributed by atoms with Crippen molar-refractivity contribution >= 4 is 16.7 Å². The topological polar surface area (TPSA) is 64.4 Å². The third kappa shape index (κ3) is 4.80. The fourth-order valence-electron chi connectivity index (χ4n) is 2.91. The molecule has 0 fully saturated rings. The highest BCUT2D eigenvalue weighted by molar-refractivity contribution is 5.80. The molecule has 140 valence electrons. The molecule has 1 aromatic heterocycles. The van der Waals surface area contributed by atoms with Crippen molar-refractivity contribution in [3.05, 3.63) is 76.2 Å². The molecule has 6 heteroatoms. The summed E-state index contributed by atoms with van der Waals surface area (Å²) in [5, 5.41) is 5.68. The molecule has 0 aliphatic carbocycles. The predicted octanol–water partition coefficient (Wildman–Crippen LogP) is 2.73. The van der Waals surface area contributed by atoms with E-state index in [1.54, 1.807) is 19.2 Å². The van der Waals surface area contributed by atoms with Gasteiger partial charge in [0.2, 0.25) is 0 Å². The number of esters is 1. The molecule has 2 aromatic carbocycles. The van der Waals surface area contributed by atoms with Crippen molar-refractivity contribution in [2.45, 2.75) is 27.1 Å². The summed E-state index contributed by atoms with van der Waals surface area (Å²) >= 11 is 0. The first-order chi connectivity index (χ1) is 13.1. The minimum Gasteiger partial charge on any atom is -0.465 e. The van der Waals surface area contributed by atoms with Crippen molar-refractivity contribution in [2.75, 3.05) is 13.2 Å². The lowest BCUT2D eigenvalue weighted by Gasteiger charge is -2.22. The smallest absolute Gasteiger partial charge is 0.320 e. The Morgan fingerprint density at radius 3 is 2.63 bits per heavy atom. The first-order valence-electron chi connectivity index (χ1n) is 8.95. The summed E-state index contributed by atoms with van der Waals surface area (Å²) < 4.78 is 6.46. The molecule has 6 nitrogen and oxygen atoms in total. The van der Waals surface area contributed by atoms with Crippen molar-refractivity contribution in [2.24, 2.45) is 0 Å². The molecule has 0 N–H and O–H groups in total. The minimum absolute atomic E-state index is 0.0860. The van der Waals surface area contributed by atoms with Crippen LogP contribution < -0.4 is 5.56 Å². The number of aromatic nitrogens is 2. The fourth-order valence-corrected chi connectivity index (χ4v) is 2.91. The molecular weight excluding hydrogens is 342 g/mol. The van der Waals surface area contributed by atoms with Crippen molar-refractivity contribution in [1.29, 1.82) is 0 Å². The van der Waals surface area contributed by atoms with Crippen molar-refractivity contribution in [3.8, 4) is 0 Å². The standard InChI is InChI=1S/C21H23N3O3/c1-3-27-20(25)14-23(13-17-10-8-16(2)9-11-17)15-24-21(26)19-7-5-4-6-18(19)12-22-24/h4-12H,3,13-15H2,1-2H3. The van der Waals surface area contributed by atoms with Crippen molar-refractivity contribution in [1.82, 2.24) is 14.7 Å². The Labute approximate surface area is 158 Å². The van der Waals surface area contributed by atoms with Gasteiger partial charge in [0.1, 0.15) is 0 Å². The minimum atomic E-state index is -0.321. The van der Waals surface area contributed by atoms with E-state index in [1.807, 2.05) is 54.3 Å². The SMILES string of the molecule is CCOC(=O)CN(Cc1ccc(C)cc1)Cn1ncc2ccccc2c1=O. The third-order valence-electron chi connectivity index (χ3n) is 4.28. The van der Waals surface area contributed by atoms with Crippen LogP contribution in [0.25, 0.3) is 10.8 Å². The van der Waals surface area contributed by atoms with Crippen LogP contribution in [0.5, 0.6) is 0 Å². The molecule has 27 heavy (non-hydrogen) atoms. The zero-order valence-corrected chi connectivity index (χ0v) is 15.6. The number of rotatable bonds is 7. The van der Waals surface area contributed by atoms with Gasteiger partial charge in [0.15, 0.2) is 0 Å². The number of carbonyl (C=O) groups excluding carboxylic acids is 1. The summed E-state index contributed by atoms with van der Waals surface area (Å²) in [6.45, 7) is 4.93. The molecule has 1 heterocycles. The largest absolute Gasteiger partial charge is 0.465 e. The first kappa shape index (κ1) is 18.8. The number of carbonyl (C=O) groups is 1. The lowest BCUT2D eigenvalue weighted by atomic mass is 10.1. The highest BCUT2D eigenvalue weighted by Gasteiger charge is 2.15. The van der Waals surface area contributed by atoms with Crippen LogP contribution in [0.1, 0.15) is 18.1 Å². The monoisotopic (exact) mass is 365 g/mol. The van der Waals surface area contributed by atoms with Gasteiger partial charge >= 0.3 is 5.97 Å². The van der Waals surface area contributed by atoms with E-state index in [-0.39, 0.29) is 24.7 Å². The summed E-state index contributed by atoms with van der Waals surface area (Å²) in [5.74, 6) is -0.321. The lowest BCUT2D eigenvalue weighted by Crippen LogP contribution is -2.37. The first-order valence-corrected chi connectivity index (χ1v) is 8.95.